The van der Waals surface area contributed by atoms with E-state index in [0.717, 1.165) is 5.57 Å². The van der Waals surface area contributed by atoms with Gasteiger partial charge < -0.3 is 10.2 Å². The molecule has 0 radical (unpaired) electrons. The second kappa shape index (κ2) is 4.26. The van der Waals surface area contributed by atoms with Crippen molar-refractivity contribution in [3.63, 3.8) is 0 Å². The van der Waals surface area contributed by atoms with E-state index in [1.807, 2.05) is 19.9 Å². The highest BCUT2D eigenvalue weighted by molar-refractivity contribution is 5.76. The van der Waals surface area contributed by atoms with Crippen LogP contribution in [0.3, 0.4) is 0 Å². The van der Waals surface area contributed by atoms with Crippen molar-refractivity contribution in [3.05, 3.63) is 11.6 Å². The Balaban J connectivity index is 3.93. The molecule has 0 aliphatic carbocycles. The van der Waals surface area contributed by atoms with Gasteiger partial charge in [-0.25, -0.2) is 4.79 Å². The van der Waals surface area contributed by atoms with Crippen molar-refractivity contribution in [1.29, 1.82) is 0 Å². The summed E-state index contributed by atoms with van der Waals surface area (Å²) in [6.07, 6.45) is 2.77. The molecule has 0 aromatic carbocycles. The Bertz CT molecular complexity index is 188. The predicted octanol–water partition coefficient (Wildman–Crippen LogP) is 1.57. The summed E-state index contributed by atoms with van der Waals surface area (Å²) in [7, 11) is 0. The summed E-state index contributed by atoms with van der Waals surface area (Å²) in [6, 6.07) is 0. The number of carboxylic acids is 1. The zero-order valence-corrected chi connectivity index (χ0v) is 7.79. The molecule has 2 N–H and O–H groups in total. The number of aliphatic hydroxyl groups is 1. The normalized spacial score (nSPS) is 15.0. The van der Waals surface area contributed by atoms with Gasteiger partial charge in [-0.2, -0.15) is 0 Å². The van der Waals surface area contributed by atoms with E-state index in [1.54, 1.807) is 0 Å². The zero-order valence-electron chi connectivity index (χ0n) is 7.79. The van der Waals surface area contributed by atoms with Gasteiger partial charge in [0.2, 0.25) is 0 Å². The van der Waals surface area contributed by atoms with Crippen molar-refractivity contribution in [2.75, 3.05) is 0 Å². The van der Waals surface area contributed by atoms with E-state index in [9.17, 15) is 9.90 Å². The minimum atomic E-state index is -1.59. The van der Waals surface area contributed by atoms with Crippen LogP contribution in [0.4, 0.5) is 0 Å². The molecule has 0 aliphatic heterocycles. The van der Waals surface area contributed by atoms with E-state index in [4.69, 9.17) is 5.11 Å². The van der Waals surface area contributed by atoms with E-state index in [1.165, 1.54) is 6.92 Å². The highest BCUT2D eigenvalue weighted by atomic mass is 16.4. The van der Waals surface area contributed by atoms with Gasteiger partial charge in [-0.3, -0.25) is 0 Å². The van der Waals surface area contributed by atoms with Crippen molar-refractivity contribution >= 4 is 5.97 Å². The summed E-state index contributed by atoms with van der Waals surface area (Å²) >= 11 is 0. The third kappa shape index (κ3) is 4.13. The number of hydrogen-bond acceptors (Lipinski definition) is 2. The maximum absolute atomic E-state index is 10.4. The number of carboxylic acid groups (broad SMARTS) is 1. The van der Waals surface area contributed by atoms with Crippen LogP contribution in [0.1, 0.15) is 33.6 Å². The Hall–Kier alpha value is -0.830. The Morgan fingerprint density at radius 1 is 1.50 bits per heavy atom. The van der Waals surface area contributed by atoms with Crippen molar-refractivity contribution in [2.24, 2.45) is 0 Å². The average Bonchev–Trinajstić information content (AvgIpc) is 1.85. The van der Waals surface area contributed by atoms with Crippen molar-refractivity contribution in [2.45, 2.75) is 39.2 Å². The van der Waals surface area contributed by atoms with Crippen molar-refractivity contribution in [1.82, 2.24) is 0 Å². The second-order valence-corrected chi connectivity index (χ2v) is 3.40. The van der Waals surface area contributed by atoms with Crippen LogP contribution in [-0.4, -0.2) is 21.8 Å². The van der Waals surface area contributed by atoms with Crippen LogP contribution in [0, 0.1) is 0 Å². The third-order valence-corrected chi connectivity index (χ3v) is 1.64. The molecule has 0 aromatic rings. The molecule has 1 unspecified atom stereocenters. The molecule has 0 saturated heterocycles. The maximum Gasteiger partial charge on any atom is 0.335 e. The largest absolute Gasteiger partial charge is 0.479 e. The van der Waals surface area contributed by atoms with Crippen LogP contribution in [0.2, 0.25) is 0 Å². The van der Waals surface area contributed by atoms with Gasteiger partial charge in [0.05, 0.1) is 0 Å². The molecule has 1 atom stereocenters. The number of rotatable bonds is 4. The van der Waals surface area contributed by atoms with Gasteiger partial charge in [0.15, 0.2) is 5.60 Å². The Morgan fingerprint density at radius 2 is 2.00 bits per heavy atom. The Labute approximate surface area is 72.7 Å². The minimum absolute atomic E-state index is 0.257. The molecule has 0 fully saturated rings. The fourth-order valence-electron chi connectivity index (χ4n) is 0.749. The molecule has 0 spiro atoms. The zero-order chi connectivity index (χ0) is 9.78. The summed E-state index contributed by atoms with van der Waals surface area (Å²) < 4.78 is 0. The summed E-state index contributed by atoms with van der Waals surface area (Å²) in [5, 5.41) is 17.8. The third-order valence-electron chi connectivity index (χ3n) is 1.64. The highest BCUT2D eigenvalue weighted by Crippen LogP contribution is 2.13. The van der Waals surface area contributed by atoms with E-state index in [-0.39, 0.29) is 6.42 Å². The van der Waals surface area contributed by atoms with Crippen LogP contribution in [0.15, 0.2) is 11.6 Å². The van der Waals surface area contributed by atoms with Crippen LogP contribution in [0.5, 0.6) is 0 Å². The van der Waals surface area contributed by atoms with E-state index >= 15 is 0 Å². The fraction of sp³-hybridized carbons (Fsp3) is 0.667. The lowest BCUT2D eigenvalue weighted by Gasteiger charge is -2.16. The number of allylic oxidation sites excluding steroid dienone is 2. The van der Waals surface area contributed by atoms with Gasteiger partial charge in [0, 0.05) is 0 Å². The molecule has 0 aliphatic rings. The number of carbonyl (C=O) groups is 1. The lowest BCUT2D eigenvalue weighted by molar-refractivity contribution is -0.157. The standard InChI is InChI=1S/C9H16O3/c1-7(2)5-4-6-9(3,12)8(10)11/h5,12H,4,6H2,1-3H3,(H,10,11). The maximum atomic E-state index is 10.4. The first kappa shape index (κ1) is 11.2. The molecule has 0 saturated carbocycles. The van der Waals surface area contributed by atoms with Crippen molar-refractivity contribution < 1.29 is 15.0 Å². The molecule has 0 rings (SSSR count). The van der Waals surface area contributed by atoms with Crippen LogP contribution >= 0.6 is 0 Å². The highest BCUT2D eigenvalue weighted by Gasteiger charge is 2.28. The second-order valence-electron chi connectivity index (χ2n) is 3.40. The molecule has 3 heteroatoms. The fourth-order valence-corrected chi connectivity index (χ4v) is 0.749. The smallest absolute Gasteiger partial charge is 0.335 e. The molecule has 12 heavy (non-hydrogen) atoms. The first-order valence-corrected chi connectivity index (χ1v) is 3.95. The van der Waals surface area contributed by atoms with Gasteiger partial charge in [0.1, 0.15) is 0 Å². The molecule has 0 heterocycles. The van der Waals surface area contributed by atoms with Gasteiger partial charge in [-0.1, -0.05) is 11.6 Å². The van der Waals surface area contributed by atoms with Gasteiger partial charge >= 0.3 is 5.97 Å². The van der Waals surface area contributed by atoms with Gasteiger partial charge in [0.25, 0.3) is 0 Å². The van der Waals surface area contributed by atoms with Crippen LogP contribution in [-0.2, 0) is 4.79 Å². The van der Waals surface area contributed by atoms with Crippen molar-refractivity contribution in [3.8, 4) is 0 Å². The summed E-state index contributed by atoms with van der Waals surface area (Å²) in [5.41, 5.74) is -0.456. The van der Waals surface area contributed by atoms with E-state index < -0.39 is 11.6 Å². The predicted molar refractivity (Wildman–Crippen MR) is 46.9 cm³/mol. The average molecular weight is 172 g/mol. The monoisotopic (exact) mass is 172 g/mol. The van der Waals surface area contributed by atoms with E-state index in [0.29, 0.717) is 6.42 Å². The molecule has 0 amide bonds. The minimum Gasteiger partial charge on any atom is -0.479 e. The molecule has 0 bridgehead atoms. The van der Waals surface area contributed by atoms with Gasteiger partial charge in [-0.15, -0.1) is 0 Å². The number of aliphatic carboxylic acids is 1. The Kier molecular flexibility index (Phi) is 3.96. The molecular formula is C9H16O3. The molecular weight excluding hydrogens is 156 g/mol. The summed E-state index contributed by atoms with van der Waals surface area (Å²) in [6.45, 7) is 5.19. The first-order valence-electron chi connectivity index (χ1n) is 3.95. The molecule has 70 valence electrons. The quantitative estimate of drug-likeness (QED) is 0.633. The molecule has 3 nitrogen and oxygen atoms in total. The summed E-state index contributed by atoms with van der Waals surface area (Å²) in [4.78, 5) is 10.4. The number of hydrogen-bond donors (Lipinski definition) is 2. The first-order chi connectivity index (χ1) is 5.36. The van der Waals surface area contributed by atoms with Crippen LogP contribution in [0.25, 0.3) is 0 Å². The summed E-state index contributed by atoms with van der Waals surface area (Å²) in [5.74, 6) is -1.16. The molecule has 0 aromatic heterocycles. The Morgan fingerprint density at radius 3 is 2.33 bits per heavy atom. The topological polar surface area (TPSA) is 57.5 Å². The lowest BCUT2D eigenvalue weighted by Crippen LogP contribution is -2.34. The SMILES string of the molecule is CC(C)=CCCC(C)(O)C(=O)O. The van der Waals surface area contributed by atoms with Crippen LogP contribution < -0.4 is 0 Å². The van der Waals surface area contributed by atoms with E-state index in [2.05, 4.69) is 0 Å². The lowest BCUT2D eigenvalue weighted by atomic mass is 10.00. The van der Waals surface area contributed by atoms with Gasteiger partial charge in [-0.05, 0) is 33.6 Å².